The van der Waals surface area contributed by atoms with E-state index in [1.807, 2.05) is 11.3 Å². The van der Waals surface area contributed by atoms with Crippen LogP contribution in [0.15, 0.2) is 17.5 Å². The van der Waals surface area contributed by atoms with E-state index in [0.29, 0.717) is 16.8 Å². The monoisotopic (exact) mass is 274 g/mol. The molecule has 0 amide bonds. The number of ether oxygens (including phenoxy) is 1. The fourth-order valence-corrected chi connectivity index (χ4v) is 4.02. The van der Waals surface area contributed by atoms with Crippen molar-refractivity contribution in [3.8, 4) is 0 Å². The summed E-state index contributed by atoms with van der Waals surface area (Å²) in [6, 6.07) is 4.33. The first kappa shape index (κ1) is 10.7. The Bertz CT molecular complexity index is 273. The largest absolute Gasteiger partial charge is 0.378 e. The van der Waals surface area contributed by atoms with Crippen molar-refractivity contribution in [1.29, 1.82) is 0 Å². The molecule has 0 spiro atoms. The molecule has 0 saturated carbocycles. The lowest BCUT2D eigenvalue weighted by molar-refractivity contribution is 0.105. The Labute approximate surface area is 97.6 Å². The average molecular weight is 275 g/mol. The van der Waals surface area contributed by atoms with Crippen molar-refractivity contribution in [2.45, 2.75) is 30.7 Å². The van der Waals surface area contributed by atoms with E-state index in [1.54, 1.807) is 0 Å². The van der Waals surface area contributed by atoms with Crippen molar-refractivity contribution >= 4 is 27.3 Å². The predicted molar refractivity (Wildman–Crippen MR) is 64.3 cm³/mol. The Morgan fingerprint density at radius 1 is 1.71 bits per heavy atom. The maximum absolute atomic E-state index is 5.58. The van der Waals surface area contributed by atoms with Gasteiger partial charge in [0.2, 0.25) is 0 Å². The van der Waals surface area contributed by atoms with E-state index in [-0.39, 0.29) is 0 Å². The van der Waals surface area contributed by atoms with Gasteiger partial charge in [-0.25, -0.2) is 0 Å². The van der Waals surface area contributed by atoms with Gasteiger partial charge in [-0.15, -0.1) is 11.3 Å². The Morgan fingerprint density at radius 3 is 3.14 bits per heavy atom. The lowest BCUT2D eigenvalue weighted by atomic mass is 9.96. The fraction of sp³-hybridized carbons (Fsp3) is 0.636. The maximum Gasteiger partial charge on any atom is 0.0586 e. The summed E-state index contributed by atoms with van der Waals surface area (Å²) < 4.78 is 5.58. The van der Waals surface area contributed by atoms with Crippen LogP contribution in [0.1, 0.15) is 18.2 Å². The molecule has 1 aromatic rings. The highest BCUT2D eigenvalue weighted by molar-refractivity contribution is 9.09. The van der Waals surface area contributed by atoms with Gasteiger partial charge < -0.3 is 4.74 Å². The van der Waals surface area contributed by atoms with Crippen LogP contribution in [-0.2, 0) is 11.2 Å². The Morgan fingerprint density at radius 2 is 2.57 bits per heavy atom. The highest BCUT2D eigenvalue weighted by atomic mass is 79.9. The molecule has 1 aromatic heterocycles. The van der Waals surface area contributed by atoms with Crippen molar-refractivity contribution in [3.05, 3.63) is 22.4 Å². The van der Waals surface area contributed by atoms with Crippen LogP contribution in [0.5, 0.6) is 0 Å². The SMILES string of the molecule is CC1OCCC1C(Br)Cc1cccs1. The third kappa shape index (κ3) is 2.38. The summed E-state index contributed by atoms with van der Waals surface area (Å²) in [5, 5.41) is 2.14. The van der Waals surface area contributed by atoms with E-state index in [1.165, 1.54) is 11.3 Å². The van der Waals surface area contributed by atoms with Crippen LogP contribution in [0.3, 0.4) is 0 Å². The van der Waals surface area contributed by atoms with Crippen molar-refractivity contribution in [3.63, 3.8) is 0 Å². The van der Waals surface area contributed by atoms with Gasteiger partial charge in [-0.1, -0.05) is 22.0 Å². The molecule has 14 heavy (non-hydrogen) atoms. The molecule has 0 radical (unpaired) electrons. The molecule has 0 aliphatic carbocycles. The molecule has 2 rings (SSSR count). The predicted octanol–water partition coefficient (Wildman–Crippen LogP) is 3.48. The van der Waals surface area contributed by atoms with Crippen LogP contribution in [0.4, 0.5) is 0 Å². The average Bonchev–Trinajstić information content (AvgIpc) is 2.75. The summed E-state index contributed by atoms with van der Waals surface area (Å²) in [5.74, 6) is 0.678. The lowest BCUT2D eigenvalue weighted by Gasteiger charge is -2.19. The number of alkyl halides is 1. The molecule has 1 aliphatic heterocycles. The molecular formula is C11H15BrOS. The third-order valence-electron chi connectivity index (χ3n) is 2.88. The van der Waals surface area contributed by atoms with E-state index in [4.69, 9.17) is 4.74 Å². The zero-order chi connectivity index (χ0) is 9.97. The minimum absolute atomic E-state index is 0.416. The quantitative estimate of drug-likeness (QED) is 0.767. The fourth-order valence-electron chi connectivity index (χ4n) is 2.00. The first-order valence-corrected chi connectivity index (χ1v) is 6.85. The Hall–Kier alpha value is 0.140. The van der Waals surface area contributed by atoms with E-state index >= 15 is 0 Å². The van der Waals surface area contributed by atoms with E-state index in [2.05, 4.69) is 40.4 Å². The molecule has 1 fully saturated rings. The zero-order valence-electron chi connectivity index (χ0n) is 8.28. The molecule has 3 heteroatoms. The first-order chi connectivity index (χ1) is 6.77. The second-order valence-electron chi connectivity index (χ2n) is 3.83. The second-order valence-corrected chi connectivity index (χ2v) is 6.04. The van der Waals surface area contributed by atoms with Gasteiger partial charge in [0, 0.05) is 16.3 Å². The smallest absolute Gasteiger partial charge is 0.0586 e. The first-order valence-electron chi connectivity index (χ1n) is 5.05. The molecule has 1 aliphatic rings. The van der Waals surface area contributed by atoms with Gasteiger partial charge in [-0.2, -0.15) is 0 Å². The molecule has 3 unspecified atom stereocenters. The minimum Gasteiger partial charge on any atom is -0.378 e. The summed E-state index contributed by atoms with van der Waals surface area (Å²) in [5.41, 5.74) is 0. The summed E-state index contributed by atoms with van der Waals surface area (Å²) >= 11 is 5.63. The summed E-state index contributed by atoms with van der Waals surface area (Å²) in [6.07, 6.45) is 2.75. The summed E-state index contributed by atoms with van der Waals surface area (Å²) in [6.45, 7) is 3.11. The van der Waals surface area contributed by atoms with Crippen LogP contribution in [0, 0.1) is 5.92 Å². The van der Waals surface area contributed by atoms with E-state index in [0.717, 1.165) is 13.0 Å². The summed E-state index contributed by atoms with van der Waals surface area (Å²) in [7, 11) is 0. The number of thiophene rings is 1. The number of halogens is 1. The van der Waals surface area contributed by atoms with Gasteiger partial charge in [-0.3, -0.25) is 0 Å². The van der Waals surface area contributed by atoms with Crippen LogP contribution in [0.2, 0.25) is 0 Å². The minimum atomic E-state index is 0.416. The van der Waals surface area contributed by atoms with Crippen molar-refractivity contribution in [2.24, 2.45) is 5.92 Å². The van der Waals surface area contributed by atoms with Gasteiger partial charge in [0.25, 0.3) is 0 Å². The number of hydrogen-bond donors (Lipinski definition) is 0. The Balaban J connectivity index is 1.92. The van der Waals surface area contributed by atoms with Gasteiger partial charge in [0.15, 0.2) is 0 Å². The van der Waals surface area contributed by atoms with Crippen LogP contribution >= 0.6 is 27.3 Å². The molecule has 1 nitrogen and oxygen atoms in total. The number of hydrogen-bond acceptors (Lipinski definition) is 2. The molecular weight excluding hydrogens is 260 g/mol. The van der Waals surface area contributed by atoms with Crippen LogP contribution in [-0.4, -0.2) is 17.5 Å². The molecule has 0 N–H and O–H groups in total. The third-order valence-corrected chi connectivity index (χ3v) is 4.78. The molecule has 0 aromatic carbocycles. The van der Waals surface area contributed by atoms with Crippen molar-refractivity contribution in [2.75, 3.05) is 6.61 Å². The van der Waals surface area contributed by atoms with Crippen LogP contribution < -0.4 is 0 Å². The standard InChI is InChI=1S/C11H15BrOS/c1-8-10(4-5-13-8)11(12)7-9-3-2-6-14-9/h2-3,6,8,10-11H,4-5,7H2,1H3. The maximum atomic E-state index is 5.58. The molecule has 3 atom stereocenters. The highest BCUT2D eigenvalue weighted by Crippen LogP contribution is 2.31. The van der Waals surface area contributed by atoms with E-state index in [9.17, 15) is 0 Å². The second kappa shape index (κ2) is 4.77. The van der Waals surface area contributed by atoms with Crippen molar-refractivity contribution in [1.82, 2.24) is 0 Å². The van der Waals surface area contributed by atoms with Gasteiger partial charge in [0.05, 0.1) is 6.10 Å². The Kier molecular flexibility index (Phi) is 3.63. The van der Waals surface area contributed by atoms with Gasteiger partial charge in [0.1, 0.15) is 0 Å². The summed E-state index contributed by atoms with van der Waals surface area (Å²) in [4.78, 5) is 2.03. The highest BCUT2D eigenvalue weighted by Gasteiger charge is 2.30. The van der Waals surface area contributed by atoms with Crippen LogP contribution in [0.25, 0.3) is 0 Å². The van der Waals surface area contributed by atoms with Crippen molar-refractivity contribution < 1.29 is 4.74 Å². The lowest BCUT2D eigenvalue weighted by Crippen LogP contribution is -2.23. The molecule has 2 heterocycles. The normalized spacial score (nSPS) is 29.3. The molecule has 0 bridgehead atoms. The molecule has 78 valence electrons. The number of rotatable bonds is 3. The molecule has 1 saturated heterocycles. The van der Waals surface area contributed by atoms with Gasteiger partial charge in [-0.05, 0) is 37.1 Å². The topological polar surface area (TPSA) is 9.23 Å². The van der Waals surface area contributed by atoms with Gasteiger partial charge >= 0.3 is 0 Å². The van der Waals surface area contributed by atoms with E-state index < -0.39 is 0 Å². The zero-order valence-corrected chi connectivity index (χ0v) is 10.7.